The number of hydrogen-bond acceptors (Lipinski definition) is 2. The lowest BCUT2D eigenvalue weighted by Crippen LogP contribution is -2.13. The van der Waals surface area contributed by atoms with Crippen LogP contribution in [0.4, 0.5) is 8.78 Å². The largest absolute Gasteiger partial charge is 0.488 e. The molecule has 0 unspecified atom stereocenters. The molecule has 2 aromatic rings. The highest BCUT2D eigenvalue weighted by Gasteiger charge is 2.21. The second kappa shape index (κ2) is 4.89. The molecule has 0 saturated carbocycles. The summed E-state index contributed by atoms with van der Waals surface area (Å²) < 4.78 is 31.9. The minimum Gasteiger partial charge on any atom is -0.488 e. The predicted molar refractivity (Wildman–Crippen MR) is 70.4 cm³/mol. The second-order valence-electron chi connectivity index (χ2n) is 4.45. The summed E-state index contributed by atoms with van der Waals surface area (Å²) in [7, 11) is 0. The van der Waals surface area contributed by atoms with Gasteiger partial charge >= 0.3 is 0 Å². The van der Waals surface area contributed by atoms with Crippen LogP contribution in [-0.2, 0) is 4.79 Å². The third-order valence-electron chi connectivity index (χ3n) is 3.19. The van der Waals surface area contributed by atoms with Crippen LogP contribution >= 0.6 is 0 Å². The molecular weight excluding hydrogens is 262 g/mol. The number of carbonyl (C=O) groups excluding carboxylic acids is 1. The number of hydrogen-bond donors (Lipinski definition) is 0. The van der Waals surface area contributed by atoms with E-state index in [4.69, 9.17) is 4.74 Å². The Bertz CT molecular complexity index is 703. The van der Waals surface area contributed by atoms with Gasteiger partial charge in [-0.15, -0.1) is 0 Å². The van der Waals surface area contributed by atoms with Crippen LogP contribution in [-0.4, -0.2) is 12.9 Å². The van der Waals surface area contributed by atoms with Crippen molar-refractivity contribution < 1.29 is 18.3 Å². The summed E-state index contributed by atoms with van der Waals surface area (Å²) in [4.78, 5) is 11.2. The second-order valence-corrected chi connectivity index (χ2v) is 4.45. The summed E-state index contributed by atoms with van der Waals surface area (Å²) in [5.74, 6) is -0.274. The van der Waals surface area contributed by atoms with Gasteiger partial charge in [0, 0.05) is 16.7 Å². The number of halogens is 2. The van der Waals surface area contributed by atoms with Crippen molar-refractivity contribution in [3.63, 3.8) is 0 Å². The molecule has 20 heavy (non-hydrogen) atoms. The van der Waals surface area contributed by atoms with Crippen molar-refractivity contribution in [3.05, 3.63) is 70.8 Å². The number of carbonyl (C=O) groups is 1. The first-order chi connectivity index (χ1) is 9.69. The first-order valence-electron chi connectivity index (χ1n) is 6.06. The topological polar surface area (TPSA) is 26.3 Å². The minimum absolute atomic E-state index is 0.120. The van der Waals surface area contributed by atoms with Crippen LogP contribution in [0.5, 0.6) is 5.75 Å². The molecule has 1 aliphatic rings. The van der Waals surface area contributed by atoms with Gasteiger partial charge in [0.05, 0.1) is 0 Å². The van der Waals surface area contributed by atoms with Gasteiger partial charge in [-0.2, -0.15) is 0 Å². The van der Waals surface area contributed by atoms with Crippen LogP contribution in [0.3, 0.4) is 0 Å². The Hall–Kier alpha value is -2.49. The van der Waals surface area contributed by atoms with Crippen LogP contribution in [0, 0.1) is 11.6 Å². The molecule has 0 radical (unpaired) electrons. The van der Waals surface area contributed by atoms with E-state index in [1.807, 2.05) is 0 Å². The molecule has 0 spiro atoms. The number of benzene rings is 2. The van der Waals surface area contributed by atoms with E-state index in [0.717, 1.165) is 0 Å². The van der Waals surface area contributed by atoms with E-state index in [-0.39, 0.29) is 12.4 Å². The first kappa shape index (κ1) is 12.5. The van der Waals surface area contributed by atoms with Crippen molar-refractivity contribution in [2.45, 2.75) is 0 Å². The molecule has 0 N–H and O–H groups in total. The standard InChI is InChI=1S/C16H10F2O2/c17-12-3-1-10(2-4-12)16-11(8-19)9-20-15-6-5-13(18)7-14(15)16/h1-8H,9H2. The smallest absolute Gasteiger partial charge is 0.150 e. The summed E-state index contributed by atoms with van der Waals surface area (Å²) in [5, 5.41) is 0. The zero-order valence-corrected chi connectivity index (χ0v) is 10.4. The number of aldehydes is 1. The van der Waals surface area contributed by atoms with Gasteiger partial charge in [0.2, 0.25) is 0 Å². The van der Waals surface area contributed by atoms with Crippen molar-refractivity contribution in [2.75, 3.05) is 6.61 Å². The van der Waals surface area contributed by atoms with E-state index in [9.17, 15) is 13.6 Å². The quantitative estimate of drug-likeness (QED) is 0.784. The Labute approximate surface area is 114 Å². The van der Waals surface area contributed by atoms with Crippen molar-refractivity contribution in [1.29, 1.82) is 0 Å². The lowest BCUT2D eigenvalue weighted by molar-refractivity contribution is -0.105. The molecule has 2 aromatic carbocycles. The van der Waals surface area contributed by atoms with E-state index in [2.05, 4.69) is 0 Å². The molecule has 0 aliphatic carbocycles. The van der Waals surface area contributed by atoms with E-state index in [1.54, 1.807) is 12.1 Å². The van der Waals surface area contributed by atoms with Gasteiger partial charge in [0.1, 0.15) is 30.3 Å². The third-order valence-corrected chi connectivity index (χ3v) is 3.19. The molecule has 0 fully saturated rings. The molecule has 1 aliphatic heterocycles. The maximum absolute atomic E-state index is 13.5. The monoisotopic (exact) mass is 272 g/mol. The molecule has 100 valence electrons. The van der Waals surface area contributed by atoms with Gasteiger partial charge in [0.25, 0.3) is 0 Å². The third kappa shape index (κ3) is 2.09. The van der Waals surface area contributed by atoms with Crippen LogP contribution in [0.25, 0.3) is 5.57 Å². The fourth-order valence-corrected chi connectivity index (χ4v) is 2.27. The Morgan fingerprint density at radius 1 is 1.00 bits per heavy atom. The highest BCUT2D eigenvalue weighted by Crippen LogP contribution is 2.37. The first-order valence-corrected chi connectivity index (χ1v) is 6.06. The van der Waals surface area contributed by atoms with E-state index < -0.39 is 5.82 Å². The highest BCUT2D eigenvalue weighted by molar-refractivity contribution is 5.97. The Morgan fingerprint density at radius 2 is 1.70 bits per heavy atom. The maximum atomic E-state index is 13.5. The van der Waals surface area contributed by atoms with Gasteiger partial charge in [0.15, 0.2) is 0 Å². The predicted octanol–water partition coefficient (Wildman–Crippen LogP) is 3.36. The fraction of sp³-hybridized carbons (Fsp3) is 0.0625. The van der Waals surface area contributed by atoms with Crippen molar-refractivity contribution in [3.8, 4) is 5.75 Å². The molecule has 0 bridgehead atoms. The Morgan fingerprint density at radius 3 is 2.40 bits per heavy atom. The number of fused-ring (bicyclic) bond motifs is 1. The normalized spacial score (nSPS) is 13.7. The molecule has 3 rings (SSSR count). The van der Waals surface area contributed by atoms with E-state index in [1.165, 1.54) is 30.3 Å². The van der Waals surface area contributed by atoms with Crippen molar-refractivity contribution in [2.24, 2.45) is 0 Å². The van der Waals surface area contributed by atoms with Crippen LogP contribution < -0.4 is 4.74 Å². The summed E-state index contributed by atoms with van der Waals surface area (Å²) in [6.07, 6.45) is 0.687. The molecule has 1 heterocycles. The van der Waals surface area contributed by atoms with Gasteiger partial charge in [-0.25, -0.2) is 8.78 Å². The lowest BCUT2D eigenvalue weighted by Gasteiger charge is -2.22. The average molecular weight is 272 g/mol. The number of rotatable bonds is 2. The molecule has 2 nitrogen and oxygen atoms in total. The minimum atomic E-state index is -0.417. The molecule has 0 amide bonds. The average Bonchev–Trinajstić information content (AvgIpc) is 2.47. The molecule has 0 atom stereocenters. The SMILES string of the molecule is O=CC1=C(c2ccc(F)cc2)c2cc(F)ccc2OC1. The molecule has 0 aromatic heterocycles. The van der Waals surface area contributed by atoms with Gasteiger partial charge < -0.3 is 4.74 Å². The van der Waals surface area contributed by atoms with Gasteiger partial charge in [-0.05, 0) is 35.9 Å². The van der Waals surface area contributed by atoms with Crippen LogP contribution in [0.2, 0.25) is 0 Å². The van der Waals surface area contributed by atoms with Crippen LogP contribution in [0.1, 0.15) is 11.1 Å². The summed E-state index contributed by atoms with van der Waals surface area (Å²) in [6, 6.07) is 9.88. The lowest BCUT2D eigenvalue weighted by atomic mass is 9.91. The number of ether oxygens (including phenoxy) is 1. The maximum Gasteiger partial charge on any atom is 0.150 e. The van der Waals surface area contributed by atoms with E-state index >= 15 is 0 Å². The van der Waals surface area contributed by atoms with Crippen molar-refractivity contribution >= 4 is 11.9 Å². The fourth-order valence-electron chi connectivity index (χ4n) is 2.27. The molecule has 0 saturated heterocycles. The zero-order valence-electron chi connectivity index (χ0n) is 10.4. The summed E-state index contributed by atoms with van der Waals surface area (Å²) in [6.45, 7) is 0.120. The molecule has 4 heteroatoms. The van der Waals surface area contributed by atoms with Gasteiger partial charge in [-0.1, -0.05) is 12.1 Å². The summed E-state index contributed by atoms with van der Waals surface area (Å²) >= 11 is 0. The Balaban J connectivity index is 2.23. The van der Waals surface area contributed by atoms with Crippen molar-refractivity contribution in [1.82, 2.24) is 0 Å². The van der Waals surface area contributed by atoms with Crippen LogP contribution in [0.15, 0.2) is 48.0 Å². The zero-order chi connectivity index (χ0) is 14.1. The molecular formula is C16H10F2O2. The summed E-state index contributed by atoms with van der Waals surface area (Å²) in [5.41, 5.74) is 2.16. The van der Waals surface area contributed by atoms with E-state index in [0.29, 0.717) is 34.3 Å². The van der Waals surface area contributed by atoms with Gasteiger partial charge in [-0.3, -0.25) is 4.79 Å². The Kier molecular flexibility index (Phi) is 3.06. The highest BCUT2D eigenvalue weighted by atomic mass is 19.1.